The number of aromatic nitrogens is 4. The second kappa shape index (κ2) is 11.3. The molecule has 1 N–H and O–H groups in total. The van der Waals surface area contributed by atoms with Gasteiger partial charge in [-0.3, -0.25) is 4.98 Å². The summed E-state index contributed by atoms with van der Waals surface area (Å²) in [5, 5.41) is 11.8. The van der Waals surface area contributed by atoms with Crippen LogP contribution in [0, 0.1) is 5.92 Å². The molecule has 5 heteroatoms. The molecule has 0 spiro atoms. The molecule has 43 heavy (non-hydrogen) atoms. The van der Waals surface area contributed by atoms with Gasteiger partial charge in [0.1, 0.15) is 17.1 Å². The van der Waals surface area contributed by atoms with Gasteiger partial charge in [-0.15, -0.1) is 0 Å². The Hall–Kier alpha value is -3.99. The van der Waals surface area contributed by atoms with Gasteiger partial charge in [-0.05, 0) is 90.1 Å². The number of imidazole rings is 1. The minimum absolute atomic E-state index is 0.0786. The molecule has 0 amide bonds. The summed E-state index contributed by atoms with van der Waals surface area (Å²) >= 11 is 0. The number of aromatic hydroxyl groups is 1. The molecule has 5 aromatic rings. The van der Waals surface area contributed by atoms with Crippen molar-refractivity contribution in [2.24, 2.45) is 5.92 Å². The summed E-state index contributed by atoms with van der Waals surface area (Å²) in [5.74, 6) is 1.55. The fourth-order valence-electron chi connectivity index (χ4n) is 5.83. The number of phenolic OH excluding ortho intramolecular Hbond substituents is 1. The normalized spacial score (nSPS) is 12.6. The van der Waals surface area contributed by atoms with E-state index in [1.54, 1.807) is 0 Å². The third kappa shape index (κ3) is 6.08. The molecule has 0 aliphatic rings. The Morgan fingerprint density at radius 1 is 0.767 bits per heavy atom. The summed E-state index contributed by atoms with van der Waals surface area (Å²) in [6, 6.07) is 19.2. The maximum atomic E-state index is 11.8. The van der Waals surface area contributed by atoms with Crippen molar-refractivity contribution in [3.8, 4) is 39.5 Å². The van der Waals surface area contributed by atoms with Gasteiger partial charge < -0.3 is 9.67 Å². The lowest BCUT2D eigenvalue weighted by atomic mass is 9.79. The predicted molar refractivity (Wildman–Crippen MR) is 180 cm³/mol. The van der Waals surface area contributed by atoms with Crippen LogP contribution in [0.5, 0.6) is 5.75 Å². The van der Waals surface area contributed by atoms with Gasteiger partial charge >= 0.3 is 0 Å². The third-order valence-electron chi connectivity index (χ3n) is 8.03. The van der Waals surface area contributed by atoms with E-state index in [4.69, 9.17) is 9.97 Å². The Labute approximate surface area is 257 Å². The van der Waals surface area contributed by atoms with Crippen molar-refractivity contribution in [1.82, 2.24) is 19.5 Å². The molecule has 2 aromatic carbocycles. The molecule has 0 unspecified atom stereocenters. The molecule has 0 aliphatic carbocycles. The summed E-state index contributed by atoms with van der Waals surface area (Å²) in [6.07, 6.45) is 4.69. The van der Waals surface area contributed by atoms with Gasteiger partial charge in [-0.1, -0.05) is 73.6 Å². The minimum atomic E-state index is -0.239. The Balaban J connectivity index is 1.81. The maximum absolute atomic E-state index is 11.8. The molecule has 0 saturated carbocycles. The highest BCUT2D eigenvalue weighted by Crippen LogP contribution is 2.44. The number of fused-ring (bicyclic) bond motifs is 1. The van der Waals surface area contributed by atoms with Crippen LogP contribution in [0.4, 0.5) is 0 Å². The van der Waals surface area contributed by atoms with Gasteiger partial charge in [0.05, 0.1) is 11.3 Å². The molecule has 5 rings (SSSR count). The summed E-state index contributed by atoms with van der Waals surface area (Å²) in [7, 11) is 0. The summed E-state index contributed by atoms with van der Waals surface area (Å²) in [4.78, 5) is 14.8. The summed E-state index contributed by atoms with van der Waals surface area (Å²) in [6.45, 7) is 21.9. The standard InChI is InChI=1S/C38H46N4O/c1-23(2)17-25-18-26(20-27(19-25)32-13-11-12-15-39-32)29-14-16-40-36-33(29)41-35(42(36)24(3)4)30-21-28(37(5,6)7)22-31(34(30)43)38(8,9)10/h11-16,18-24,43H,17H2,1-10H3. The second-order valence-corrected chi connectivity index (χ2v) is 14.6. The molecule has 224 valence electrons. The van der Waals surface area contributed by atoms with Gasteiger partial charge in [-0.2, -0.15) is 0 Å². The van der Waals surface area contributed by atoms with Crippen LogP contribution in [-0.4, -0.2) is 24.6 Å². The first-order valence-corrected chi connectivity index (χ1v) is 15.5. The zero-order valence-corrected chi connectivity index (χ0v) is 27.4. The van der Waals surface area contributed by atoms with E-state index in [1.165, 1.54) is 11.1 Å². The lowest BCUT2D eigenvalue weighted by Gasteiger charge is -2.27. The van der Waals surface area contributed by atoms with E-state index in [9.17, 15) is 5.11 Å². The van der Waals surface area contributed by atoms with Crippen molar-refractivity contribution in [2.45, 2.75) is 92.5 Å². The van der Waals surface area contributed by atoms with E-state index in [0.717, 1.165) is 56.9 Å². The quantitative estimate of drug-likeness (QED) is 0.219. The van der Waals surface area contributed by atoms with E-state index in [0.29, 0.717) is 5.92 Å². The summed E-state index contributed by atoms with van der Waals surface area (Å²) < 4.78 is 2.17. The molecule has 5 nitrogen and oxygen atoms in total. The molecule has 3 aromatic heterocycles. The first-order chi connectivity index (χ1) is 20.1. The Bertz CT molecular complexity index is 1770. The number of hydrogen-bond acceptors (Lipinski definition) is 4. The van der Waals surface area contributed by atoms with Gasteiger partial charge in [-0.25, -0.2) is 9.97 Å². The van der Waals surface area contributed by atoms with Crippen LogP contribution in [0.1, 0.15) is 92.0 Å². The first kappa shape index (κ1) is 30.5. The second-order valence-electron chi connectivity index (χ2n) is 14.6. The minimum Gasteiger partial charge on any atom is -0.507 e. The van der Waals surface area contributed by atoms with Gasteiger partial charge in [0.2, 0.25) is 0 Å². The van der Waals surface area contributed by atoms with Crippen molar-refractivity contribution in [1.29, 1.82) is 0 Å². The highest BCUT2D eigenvalue weighted by Gasteiger charge is 2.29. The van der Waals surface area contributed by atoms with E-state index >= 15 is 0 Å². The van der Waals surface area contributed by atoms with Crippen LogP contribution in [-0.2, 0) is 17.3 Å². The Kier molecular flexibility index (Phi) is 7.98. The summed E-state index contributed by atoms with van der Waals surface area (Å²) in [5.41, 5.74) is 9.57. The molecule has 0 aliphatic heterocycles. The molecule has 3 heterocycles. The van der Waals surface area contributed by atoms with Crippen LogP contribution in [0.2, 0.25) is 0 Å². The molecule has 0 saturated heterocycles. The predicted octanol–water partition coefficient (Wildman–Crippen LogP) is 9.91. The number of benzene rings is 2. The van der Waals surface area contributed by atoms with Crippen molar-refractivity contribution in [2.75, 3.05) is 0 Å². The lowest BCUT2D eigenvalue weighted by molar-refractivity contribution is 0.445. The first-order valence-electron chi connectivity index (χ1n) is 15.5. The zero-order chi connectivity index (χ0) is 31.3. The lowest BCUT2D eigenvalue weighted by Crippen LogP contribution is -2.17. The maximum Gasteiger partial charge on any atom is 0.161 e. The van der Waals surface area contributed by atoms with Crippen molar-refractivity contribution < 1.29 is 5.11 Å². The molecular formula is C38H46N4O. The number of hydrogen-bond donors (Lipinski definition) is 1. The Morgan fingerprint density at radius 2 is 1.49 bits per heavy atom. The topological polar surface area (TPSA) is 63.8 Å². The Morgan fingerprint density at radius 3 is 2.09 bits per heavy atom. The molecular weight excluding hydrogens is 528 g/mol. The van der Waals surface area contributed by atoms with Gasteiger partial charge in [0.15, 0.2) is 5.65 Å². The fraction of sp³-hybridized carbons (Fsp3) is 0.395. The molecule has 0 fully saturated rings. The molecule has 0 radical (unpaired) electrons. The van der Waals surface area contributed by atoms with Crippen LogP contribution < -0.4 is 0 Å². The van der Waals surface area contributed by atoms with Crippen LogP contribution in [0.15, 0.2) is 67.0 Å². The number of nitrogens with zero attached hydrogens (tertiary/aromatic N) is 4. The fourth-order valence-corrected chi connectivity index (χ4v) is 5.83. The molecule has 0 bridgehead atoms. The smallest absolute Gasteiger partial charge is 0.161 e. The van der Waals surface area contributed by atoms with E-state index in [-0.39, 0.29) is 22.6 Å². The largest absolute Gasteiger partial charge is 0.507 e. The van der Waals surface area contributed by atoms with E-state index in [1.807, 2.05) is 24.5 Å². The number of rotatable bonds is 6. The van der Waals surface area contributed by atoms with Crippen molar-refractivity contribution in [3.05, 3.63) is 83.7 Å². The van der Waals surface area contributed by atoms with Crippen LogP contribution >= 0.6 is 0 Å². The van der Waals surface area contributed by atoms with Crippen LogP contribution in [0.3, 0.4) is 0 Å². The highest BCUT2D eigenvalue weighted by atomic mass is 16.3. The van der Waals surface area contributed by atoms with Crippen molar-refractivity contribution >= 4 is 11.2 Å². The average molecular weight is 575 g/mol. The van der Waals surface area contributed by atoms with Crippen molar-refractivity contribution in [3.63, 3.8) is 0 Å². The highest BCUT2D eigenvalue weighted by molar-refractivity contribution is 5.93. The number of phenols is 1. The monoisotopic (exact) mass is 574 g/mol. The zero-order valence-electron chi connectivity index (χ0n) is 27.4. The van der Waals surface area contributed by atoms with Crippen LogP contribution in [0.25, 0.3) is 44.9 Å². The third-order valence-corrected chi connectivity index (χ3v) is 8.03. The average Bonchev–Trinajstić information content (AvgIpc) is 3.31. The van der Waals surface area contributed by atoms with Gasteiger partial charge in [0.25, 0.3) is 0 Å². The van der Waals surface area contributed by atoms with E-state index in [2.05, 4.69) is 121 Å². The SMILES string of the molecule is CC(C)Cc1cc(-c2ccccn2)cc(-c2ccnc3c2nc(-c2cc(C(C)(C)C)cc(C(C)(C)C)c2O)n3C(C)C)c1. The number of pyridine rings is 2. The van der Waals surface area contributed by atoms with Gasteiger partial charge in [0, 0.05) is 35.1 Å². The molecule has 0 atom stereocenters. The van der Waals surface area contributed by atoms with E-state index < -0.39 is 0 Å².